The molecule has 0 saturated heterocycles. The number of ether oxygens (including phenoxy) is 3. The molecule has 79 heavy (non-hydrogen) atoms. The van der Waals surface area contributed by atoms with Crippen molar-refractivity contribution in [3.63, 3.8) is 0 Å². The Bertz CT molecular complexity index is 1450. The molecule has 6 heteroatoms. The van der Waals surface area contributed by atoms with Gasteiger partial charge in [-0.3, -0.25) is 14.4 Å². The summed E-state index contributed by atoms with van der Waals surface area (Å²) in [5.41, 5.74) is 0. The Morgan fingerprint density at radius 1 is 0.266 bits per heavy atom. The molecule has 0 aromatic carbocycles. The highest BCUT2D eigenvalue weighted by Gasteiger charge is 2.19. The highest BCUT2D eigenvalue weighted by molar-refractivity contribution is 5.71. The largest absolute Gasteiger partial charge is 0.462 e. The fourth-order valence-corrected chi connectivity index (χ4v) is 10.1. The topological polar surface area (TPSA) is 78.9 Å². The van der Waals surface area contributed by atoms with Gasteiger partial charge in [0.1, 0.15) is 13.2 Å². The molecule has 0 aromatic heterocycles. The molecule has 0 aliphatic carbocycles. The predicted molar refractivity (Wildman–Crippen MR) is 344 cm³/mol. The van der Waals surface area contributed by atoms with Gasteiger partial charge in [-0.25, -0.2) is 0 Å². The van der Waals surface area contributed by atoms with Crippen LogP contribution in [0.25, 0.3) is 0 Å². The Morgan fingerprint density at radius 2 is 0.494 bits per heavy atom. The third kappa shape index (κ3) is 65.5. The Hall–Kier alpha value is -3.15. The third-order valence-electron chi connectivity index (χ3n) is 15.2. The van der Waals surface area contributed by atoms with Crippen LogP contribution in [0.5, 0.6) is 0 Å². The molecule has 0 aliphatic rings. The summed E-state index contributed by atoms with van der Waals surface area (Å²) in [6.45, 7) is 6.56. The van der Waals surface area contributed by atoms with Crippen LogP contribution in [0.2, 0.25) is 0 Å². The van der Waals surface area contributed by atoms with Crippen molar-refractivity contribution in [3.05, 3.63) is 72.9 Å². The van der Waals surface area contributed by atoms with Crippen LogP contribution < -0.4 is 0 Å². The van der Waals surface area contributed by atoms with Crippen LogP contribution in [-0.4, -0.2) is 37.2 Å². The van der Waals surface area contributed by atoms with E-state index < -0.39 is 6.10 Å². The highest BCUT2D eigenvalue weighted by Crippen LogP contribution is 2.18. The van der Waals surface area contributed by atoms with Gasteiger partial charge in [0.05, 0.1) is 0 Å². The number of hydrogen-bond acceptors (Lipinski definition) is 6. The molecule has 1 atom stereocenters. The Kier molecular flexibility index (Phi) is 64.7. The van der Waals surface area contributed by atoms with E-state index in [0.29, 0.717) is 19.3 Å². The Labute approximate surface area is 491 Å². The van der Waals surface area contributed by atoms with E-state index in [-0.39, 0.29) is 37.5 Å². The van der Waals surface area contributed by atoms with Gasteiger partial charge in [0.25, 0.3) is 0 Å². The minimum absolute atomic E-state index is 0.0884. The van der Waals surface area contributed by atoms with E-state index in [9.17, 15) is 14.4 Å². The number of carbonyl (C=O) groups is 3. The number of esters is 3. The smallest absolute Gasteiger partial charge is 0.306 e. The molecule has 0 saturated carbocycles. The first kappa shape index (κ1) is 75.8. The summed E-state index contributed by atoms with van der Waals surface area (Å²) in [7, 11) is 0. The maximum atomic E-state index is 12.9. The minimum atomic E-state index is -0.798. The van der Waals surface area contributed by atoms with Crippen molar-refractivity contribution < 1.29 is 28.6 Å². The van der Waals surface area contributed by atoms with E-state index in [1.165, 1.54) is 218 Å². The first-order chi connectivity index (χ1) is 39.0. The zero-order chi connectivity index (χ0) is 57.1. The lowest BCUT2D eigenvalue weighted by Crippen LogP contribution is -2.30. The number of rotatable bonds is 63. The summed E-state index contributed by atoms with van der Waals surface area (Å²) in [5.74, 6) is -0.909. The fourth-order valence-electron chi connectivity index (χ4n) is 10.1. The molecule has 0 heterocycles. The second kappa shape index (κ2) is 67.4. The van der Waals surface area contributed by atoms with Crippen molar-refractivity contribution >= 4 is 17.9 Å². The summed E-state index contributed by atoms with van der Waals surface area (Å²) < 4.78 is 17.0. The maximum absolute atomic E-state index is 12.9. The van der Waals surface area contributed by atoms with Crippen LogP contribution in [0, 0.1) is 0 Å². The summed E-state index contributed by atoms with van der Waals surface area (Å²) >= 11 is 0. The van der Waals surface area contributed by atoms with Gasteiger partial charge in [-0.05, 0) is 70.6 Å². The average molecular weight is 1100 g/mol. The maximum Gasteiger partial charge on any atom is 0.306 e. The normalized spacial score (nSPS) is 12.5. The quantitative estimate of drug-likeness (QED) is 0.0261. The van der Waals surface area contributed by atoms with Crippen LogP contribution in [0.1, 0.15) is 355 Å². The predicted octanol–water partition coefficient (Wildman–Crippen LogP) is 23.7. The molecule has 0 N–H and O–H groups in total. The molecule has 0 rings (SSSR count). The Balaban J connectivity index is 4.39. The number of allylic oxidation sites excluding steroid dienone is 12. The molecule has 0 amide bonds. The molecule has 0 aromatic rings. The number of hydrogen-bond donors (Lipinski definition) is 0. The van der Waals surface area contributed by atoms with E-state index in [4.69, 9.17) is 14.2 Å². The highest BCUT2D eigenvalue weighted by atomic mass is 16.6. The van der Waals surface area contributed by atoms with Crippen molar-refractivity contribution in [2.45, 2.75) is 361 Å². The van der Waals surface area contributed by atoms with Crippen molar-refractivity contribution in [3.8, 4) is 0 Å². The average Bonchev–Trinajstić information content (AvgIpc) is 3.45. The van der Waals surface area contributed by atoms with Crippen molar-refractivity contribution in [1.82, 2.24) is 0 Å². The van der Waals surface area contributed by atoms with Crippen LogP contribution in [0.15, 0.2) is 72.9 Å². The molecular formula is C73H130O6. The second-order valence-corrected chi connectivity index (χ2v) is 23.1. The van der Waals surface area contributed by atoms with Gasteiger partial charge in [-0.1, -0.05) is 338 Å². The number of unbranched alkanes of at least 4 members (excludes halogenated alkanes) is 40. The second-order valence-electron chi connectivity index (χ2n) is 23.1. The minimum Gasteiger partial charge on any atom is -0.462 e. The van der Waals surface area contributed by atoms with E-state index in [2.05, 4.69) is 93.7 Å². The summed E-state index contributed by atoms with van der Waals surface area (Å²) in [6, 6.07) is 0. The van der Waals surface area contributed by atoms with E-state index in [1.54, 1.807) is 0 Å². The first-order valence-electron chi connectivity index (χ1n) is 34.4. The van der Waals surface area contributed by atoms with E-state index in [1.807, 2.05) is 0 Å². The van der Waals surface area contributed by atoms with Crippen LogP contribution in [-0.2, 0) is 28.6 Å². The van der Waals surface area contributed by atoms with E-state index >= 15 is 0 Å². The molecule has 0 radical (unpaired) electrons. The van der Waals surface area contributed by atoms with Crippen LogP contribution in [0.4, 0.5) is 0 Å². The lowest BCUT2D eigenvalue weighted by atomic mass is 10.0. The molecule has 0 spiro atoms. The Morgan fingerprint density at radius 3 is 0.772 bits per heavy atom. The third-order valence-corrected chi connectivity index (χ3v) is 15.2. The van der Waals surface area contributed by atoms with Gasteiger partial charge >= 0.3 is 17.9 Å². The lowest BCUT2D eigenvalue weighted by Gasteiger charge is -2.18. The first-order valence-corrected chi connectivity index (χ1v) is 34.4. The van der Waals surface area contributed by atoms with Gasteiger partial charge in [-0.15, -0.1) is 0 Å². The van der Waals surface area contributed by atoms with Crippen molar-refractivity contribution in [2.75, 3.05) is 13.2 Å². The molecule has 1 unspecified atom stereocenters. The molecular weight excluding hydrogens is 973 g/mol. The molecule has 458 valence electrons. The van der Waals surface area contributed by atoms with Crippen LogP contribution >= 0.6 is 0 Å². The monoisotopic (exact) mass is 1100 g/mol. The fraction of sp³-hybridized carbons (Fsp3) is 0.795. The van der Waals surface area contributed by atoms with Gasteiger partial charge in [0.15, 0.2) is 6.10 Å². The zero-order valence-electron chi connectivity index (χ0n) is 52.6. The molecule has 0 bridgehead atoms. The SMILES string of the molecule is CC/C=C\C/C=C\C/C=C\C/C=C\C/C=C\C/C=C\CCCCC(=O)OC(COC(=O)CCCCCCCCCCCCCCCCCCC)COC(=O)CCCCCCCCCCCCCCCCCCCCCCCCC. The van der Waals surface area contributed by atoms with Crippen molar-refractivity contribution in [1.29, 1.82) is 0 Å². The molecule has 0 fully saturated rings. The van der Waals surface area contributed by atoms with Gasteiger partial charge in [0.2, 0.25) is 0 Å². The van der Waals surface area contributed by atoms with Gasteiger partial charge in [0, 0.05) is 19.3 Å². The summed E-state index contributed by atoms with van der Waals surface area (Å²) in [5, 5.41) is 0. The number of carbonyl (C=O) groups excluding carboxylic acids is 3. The standard InChI is InChI=1S/C73H130O6/c1-4-7-10-13-16-19-22-25-28-31-33-35-36-38-39-42-45-48-51-54-57-60-63-66-72(75)78-69-70(68-77-71(74)65-62-59-56-53-50-47-44-41-30-27-24-21-18-15-12-9-6-3)79-73(76)67-64-61-58-55-52-49-46-43-40-37-34-32-29-26-23-20-17-14-11-8-5-2/h8,11,17,20,26,29,34,37,43,46,52,55,70H,4-7,9-10,12-16,18-19,21-25,27-28,30-33,35-36,38-42,44-45,47-51,53-54,56-69H2,1-3H3/b11-8-,20-17-,29-26-,37-34-,46-43-,55-52-. The van der Waals surface area contributed by atoms with Gasteiger partial charge in [-0.2, -0.15) is 0 Å². The van der Waals surface area contributed by atoms with Crippen molar-refractivity contribution in [2.24, 2.45) is 0 Å². The summed E-state index contributed by atoms with van der Waals surface area (Å²) in [4.78, 5) is 38.4. The molecule has 0 aliphatic heterocycles. The molecule has 6 nitrogen and oxygen atoms in total. The van der Waals surface area contributed by atoms with E-state index in [0.717, 1.165) is 89.9 Å². The lowest BCUT2D eigenvalue weighted by molar-refractivity contribution is -0.167. The van der Waals surface area contributed by atoms with Crippen LogP contribution in [0.3, 0.4) is 0 Å². The van der Waals surface area contributed by atoms with Gasteiger partial charge < -0.3 is 14.2 Å². The summed E-state index contributed by atoms with van der Waals surface area (Å²) in [6.07, 6.45) is 87.8. The zero-order valence-corrected chi connectivity index (χ0v) is 52.6.